The minimum Gasteiger partial charge on any atom is -0.431 e. The van der Waals surface area contributed by atoms with Crippen LogP contribution in [-0.2, 0) is 26.0 Å². The summed E-state index contributed by atoms with van der Waals surface area (Å²) >= 11 is 1.19. The van der Waals surface area contributed by atoms with E-state index >= 15 is 0 Å². The molecule has 0 radical (unpaired) electrons. The Kier molecular flexibility index (Phi) is 7.69. The highest BCUT2D eigenvalue weighted by Gasteiger charge is 2.27. The highest BCUT2D eigenvalue weighted by molar-refractivity contribution is 7.99. The number of sulfonamides is 1. The largest absolute Gasteiger partial charge is 0.431 e. The fourth-order valence-corrected chi connectivity index (χ4v) is 5.67. The van der Waals surface area contributed by atoms with Crippen LogP contribution >= 0.6 is 11.8 Å². The molecule has 1 atom stereocenters. The molecule has 176 valence electrons. The van der Waals surface area contributed by atoms with Gasteiger partial charge in [0.1, 0.15) is 5.52 Å². The van der Waals surface area contributed by atoms with Crippen LogP contribution < -0.4 is 5.32 Å². The Hall–Kier alpha value is -2.40. The van der Waals surface area contributed by atoms with Crippen LogP contribution in [0.3, 0.4) is 0 Å². The van der Waals surface area contributed by atoms with Gasteiger partial charge in [0, 0.05) is 19.1 Å². The van der Waals surface area contributed by atoms with Gasteiger partial charge in [-0.25, -0.2) is 13.4 Å². The zero-order valence-electron chi connectivity index (χ0n) is 18.4. The summed E-state index contributed by atoms with van der Waals surface area (Å²) in [5, 5.41) is 3.33. The number of oxazole rings is 1. The Balaban J connectivity index is 1.32. The molecule has 0 spiro atoms. The predicted octanol–water partition coefficient (Wildman–Crippen LogP) is 3.08. The van der Waals surface area contributed by atoms with E-state index in [0.29, 0.717) is 42.6 Å². The fourth-order valence-electron chi connectivity index (χ4n) is 3.59. The van der Waals surface area contributed by atoms with Gasteiger partial charge in [-0.1, -0.05) is 42.1 Å². The van der Waals surface area contributed by atoms with Crippen LogP contribution in [0.4, 0.5) is 0 Å². The van der Waals surface area contributed by atoms with Crippen molar-refractivity contribution in [2.75, 3.05) is 32.1 Å². The van der Waals surface area contributed by atoms with Gasteiger partial charge in [-0.15, -0.1) is 0 Å². The lowest BCUT2D eigenvalue weighted by Gasteiger charge is -2.25. The number of nitrogens with zero attached hydrogens (tertiary/aromatic N) is 2. The molecular weight excluding hydrogens is 462 g/mol. The highest BCUT2D eigenvalue weighted by Crippen LogP contribution is 2.27. The van der Waals surface area contributed by atoms with Crippen molar-refractivity contribution in [2.24, 2.45) is 0 Å². The number of morpholine rings is 1. The minimum atomic E-state index is -3.61. The van der Waals surface area contributed by atoms with Crippen molar-refractivity contribution in [3.63, 3.8) is 0 Å². The molecule has 8 nitrogen and oxygen atoms in total. The number of carbonyl (C=O) groups excluding carboxylic acids is 1. The number of hydrogen-bond acceptors (Lipinski definition) is 7. The Bertz CT molecular complexity index is 1190. The maximum atomic E-state index is 12.9. The van der Waals surface area contributed by atoms with E-state index in [1.54, 1.807) is 6.07 Å². The first-order valence-corrected chi connectivity index (χ1v) is 13.3. The van der Waals surface area contributed by atoms with Crippen LogP contribution in [0, 0.1) is 0 Å². The van der Waals surface area contributed by atoms with Crippen LogP contribution in [0.5, 0.6) is 0 Å². The molecule has 10 heteroatoms. The minimum absolute atomic E-state index is 0.0508. The van der Waals surface area contributed by atoms with Crippen molar-refractivity contribution < 1.29 is 22.4 Å². The van der Waals surface area contributed by atoms with Crippen molar-refractivity contribution in [1.82, 2.24) is 14.6 Å². The van der Waals surface area contributed by atoms with Gasteiger partial charge in [-0.3, -0.25) is 4.79 Å². The number of aromatic nitrogens is 1. The van der Waals surface area contributed by atoms with Crippen LogP contribution in [0.1, 0.15) is 18.9 Å². The van der Waals surface area contributed by atoms with E-state index in [1.165, 1.54) is 33.8 Å². The van der Waals surface area contributed by atoms with Gasteiger partial charge in [-0.2, -0.15) is 4.31 Å². The van der Waals surface area contributed by atoms with Gasteiger partial charge in [0.15, 0.2) is 5.58 Å². The maximum absolute atomic E-state index is 12.9. The summed E-state index contributed by atoms with van der Waals surface area (Å²) in [6, 6.07) is 14.9. The third-order valence-corrected chi connectivity index (χ3v) is 8.11. The Morgan fingerprint density at radius 2 is 1.94 bits per heavy atom. The maximum Gasteiger partial charge on any atom is 0.257 e. The molecule has 4 rings (SSSR count). The second-order valence-corrected chi connectivity index (χ2v) is 10.8. The van der Waals surface area contributed by atoms with Gasteiger partial charge in [0.2, 0.25) is 15.9 Å². The molecule has 1 aliphatic rings. The van der Waals surface area contributed by atoms with E-state index in [2.05, 4.69) is 22.4 Å². The third kappa shape index (κ3) is 6.14. The number of aryl methyl sites for hydroxylation is 1. The molecule has 0 bridgehead atoms. The monoisotopic (exact) mass is 489 g/mol. The molecule has 1 aromatic heterocycles. The molecule has 2 aromatic carbocycles. The fraction of sp³-hybridized carbons (Fsp3) is 0.391. The SMILES string of the molecule is CC(CCc1ccccc1)NC(=O)CSc1nc2cc(S(=O)(=O)N3CCOCC3)ccc2o1. The number of benzene rings is 2. The van der Waals surface area contributed by atoms with Crippen LogP contribution in [0.25, 0.3) is 11.1 Å². The average Bonchev–Trinajstić information content (AvgIpc) is 3.25. The van der Waals surface area contributed by atoms with Gasteiger partial charge < -0.3 is 14.5 Å². The van der Waals surface area contributed by atoms with Gasteiger partial charge in [0.25, 0.3) is 5.22 Å². The molecule has 0 aliphatic carbocycles. The molecule has 1 saturated heterocycles. The van der Waals surface area contributed by atoms with Gasteiger partial charge >= 0.3 is 0 Å². The molecular formula is C23H27N3O5S2. The van der Waals surface area contributed by atoms with Gasteiger partial charge in [0.05, 0.1) is 23.9 Å². The lowest BCUT2D eigenvalue weighted by molar-refractivity contribution is -0.119. The van der Waals surface area contributed by atoms with Crippen molar-refractivity contribution in [2.45, 2.75) is 35.9 Å². The lowest BCUT2D eigenvalue weighted by atomic mass is 10.1. The molecule has 1 aliphatic heterocycles. The van der Waals surface area contributed by atoms with Crippen LogP contribution in [-0.4, -0.2) is 61.7 Å². The number of fused-ring (bicyclic) bond motifs is 1. The van der Waals surface area contributed by atoms with Crippen LogP contribution in [0.2, 0.25) is 0 Å². The van der Waals surface area contributed by atoms with Gasteiger partial charge in [-0.05, 0) is 43.5 Å². The first-order valence-electron chi connectivity index (χ1n) is 10.9. The quantitative estimate of drug-likeness (QED) is 0.461. The molecule has 1 unspecified atom stereocenters. The summed E-state index contributed by atoms with van der Waals surface area (Å²) < 4.78 is 38.0. The topological polar surface area (TPSA) is 102 Å². The Morgan fingerprint density at radius 1 is 1.18 bits per heavy atom. The summed E-state index contributed by atoms with van der Waals surface area (Å²) in [6.07, 6.45) is 1.75. The lowest BCUT2D eigenvalue weighted by Crippen LogP contribution is -2.40. The van der Waals surface area contributed by atoms with E-state index in [1.807, 2.05) is 25.1 Å². The summed E-state index contributed by atoms with van der Waals surface area (Å²) in [5.41, 5.74) is 2.17. The number of hydrogen-bond donors (Lipinski definition) is 1. The number of amides is 1. The molecule has 2 heterocycles. The van der Waals surface area contributed by atoms with Crippen molar-refractivity contribution in [1.29, 1.82) is 0 Å². The smallest absolute Gasteiger partial charge is 0.257 e. The number of carbonyl (C=O) groups is 1. The van der Waals surface area contributed by atoms with E-state index in [4.69, 9.17) is 9.15 Å². The van der Waals surface area contributed by atoms with E-state index in [9.17, 15) is 13.2 Å². The summed E-state index contributed by atoms with van der Waals surface area (Å²) in [4.78, 5) is 16.9. The Morgan fingerprint density at radius 3 is 2.70 bits per heavy atom. The highest BCUT2D eigenvalue weighted by atomic mass is 32.2. The molecule has 3 aromatic rings. The molecule has 33 heavy (non-hydrogen) atoms. The number of nitrogens with one attached hydrogen (secondary N) is 1. The zero-order valence-corrected chi connectivity index (χ0v) is 20.0. The van der Waals surface area contributed by atoms with Crippen molar-refractivity contribution >= 4 is 38.8 Å². The average molecular weight is 490 g/mol. The Labute approximate surface area is 197 Å². The number of ether oxygens (including phenoxy) is 1. The summed E-state index contributed by atoms with van der Waals surface area (Å²) in [7, 11) is -3.61. The summed E-state index contributed by atoms with van der Waals surface area (Å²) in [5.74, 6) is 0.0694. The van der Waals surface area contributed by atoms with Crippen molar-refractivity contribution in [3.8, 4) is 0 Å². The van der Waals surface area contributed by atoms with E-state index < -0.39 is 10.0 Å². The first-order chi connectivity index (χ1) is 15.9. The second kappa shape index (κ2) is 10.7. The third-order valence-electron chi connectivity index (χ3n) is 5.39. The number of rotatable bonds is 9. The summed E-state index contributed by atoms with van der Waals surface area (Å²) in [6.45, 7) is 3.43. The van der Waals surface area contributed by atoms with E-state index in [0.717, 1.165) is 12.8 Å². The molecule has 1 N–H and O–H groups in total. The van der Waals surface area contributed by atoms with E-state index in [-0.39, 0.29) is 22.6 Å². The standard InChI is InChI=1S/C23H27N3O5S2/c1-17(7-8-18-5-3-2-4-6-18)24-22(27)16-32-23-25-20-15-19(9-10-21(20)31-23)33(28,29)26-11-13-30-14-12-26/h2-6,9-10,15,17H,7-8,11-14,16H2,1H3,(H,24,27). The first kappa shape index (κ1) is 23.7. The molecule has 1 amide bonds. The second-order valence-electron chi connectivity index (χ2n) is 7.91. The molecule has 1 fully saturated rings. The molecule has 0 saturated carbocycles. The normalized spacial score (nSPS) is 16.0. The van der Waals surface area contributed by atoms with Crippen molar-refractivity contribution in [3.05, 3.63) is 54.1 Å². The van der Waals surface area contributed by atoms with Crippen LogP contribution in [0.15, 0.2) is 63.1 Å². The zero-order chi connectivity index (χ0) is 23.3. The number of thioether (sulfide) groups is 1. The predicted molar refractivity (Wildman–Crippen MR) is 127 cm³/mol.